The molecule has 0 aliphatic carbocycles. The molecule has 0 N–H and O–H groups in total. The summed E-state index contributed by atoms with van der Waals surface area (Å²) < 4.78 is 24.7. The van der Waals surface area contributed by atoms with Crippen LogP contribution >= 0.6 is 0 Å². The quantitative estimate of drug-likeness (QED) is 0.632. The van der Waals surface area contributed by atoms with Gasteiger partial charge in [-0.05, 0) is 12.5 Å². The Morgan fingerprint density at radius 1 is 1.33 bits per heavy atom. The molecule has 0 fully saturated rings. The molecule has 0 bridgehead atoms. The third-order valence-electron chi connectivity index (χ3n) is 1.66. The Bertz CT molecular complexity index is 290. The molecule has 1 aromatic rings. The molecule has 0 heterocycles. The molecule has 0 aliphatic heterocycles. The molecule has 12 heavy (non-hydrogen) atoms. The minimum Gasteiger partial charge on any atom is -0.205 e. The predicted molar refractivity (Wildman–Crippen MR) is 46.1 cm³/mol. The fourth-order valence-corrected chi connectivity index (χ4v) is 1.08. The first-order valence-electron chi connectivity index (χ1n) is 3.66. The fraction of sp³-hybridized carbons (Fsp3) is 0.200. The van der Waals surface area contributed by atoms with Crippen LogP contribution in [0.2, 0.25) is 0 Å². The smallest absolute Gasteiger partial charge is 0.205 e. The van der Waals surface area contributed by atoms with Crippen molar-refractivity contribution in [1.82, 2.24) is 0 Å². The molecule has 0 saturated heterocycles. The van der Waals surface area contributed by atoms with E-state index in [2.05, 4.69) is 6.58 Å². The molecule has 0 unspecified atom stereocenters. The van der Waals surface area contributed by atoms with Gasteiger partial charge in [0.25, 0.3) is 6.43 Å². The van der Waals surface area contributed by atoms with Crippen LogP contribution in [-0.2, 0) is 0 Å². The van der Waals surface area contributed by atoms with Crippen LogP contribution in [0.5, 0.6) is 0 Å². The molecular formula is C10H10F2. The first kappa shape index (κ1) is 8.91. The van der Waals surface area contributed by atoms with Gasteiger partial charge in [-0.15, -0.1) is 0 Å². The molecule has 0 atom stereocenters. The number of rotatable bonds is 2. The highest BCUT2D eigenvalue weighted by molar-refractivity contribution is 5.64. The summed E-state index contributed by atoms with van der Waals surface area (Å²) in [5, 5.41) is 0. The lowest BCUT2D eigenvalue weighted by Crippen LogP contribution is -1.90. The highest BCUT2D eigenvalue weighted by Crippen LogP contribution is 2.26. The molecule has 2 heteroatoms. The van der Waals surface area contributed by atoms with E-state index in [0.29, 0.717) is 11.1 Å². The lowest BCUT2D eigenvalue weighted by Gasteiger charge is -2.06. The average Bonchev–Trinajstić information content (AvgIpc) is 2.04. The lowest BCUT2D eigenvalue weighted by atomic mass is 10.0. The number of halogens is 2. The molecule has 0 amide bonds. The van der Waals surface area contributed by atoms with Gasteiger partial charge in [0.1, 0.15) is 0 Å². The summed E-state index contributed by atoms with van der Waals surface area (Å²) in [6.07, 6.45) is -2.42. The zero-order chi connectivity index (χ0) is 9.14. The molecule has 0 aromatic heterocycles. The first-order chi connectivity index (χ1) is 5.63. The number of hydrogen-bond donors (Lipinski definition) is 0. The van der Waals surface area contributed by atoms with E-state index in [0.717, 1.165) is 0 Å². The second kappa shape index (κ2) is 3.48. The maximum Gasteiger partial charge on any atom is 0.264 e. The van der Waals surface area contributed by atoms with E-state index >= 15 is 0 Å². The van der Waals surface area contributed by atoms with Gasteiger partial charge in [-0.1, -0.05) is 36.4 Å². The van der Waals surface area contributed by atoms with E-state index < -0.39 is 6.43 Å². The summed E-state index contributed by atoms with van der Waals surface area (Å²) in [4.78, 5) is 0. The monoisotopic (exact) mass is 168 g/mol. The van der Waals surface area contributed by atoms with E-state index in [9.17, 15) is 8.78 Å². The van der Waals surface area contributed by atoms with Crippen LogP contribution in [-0.4, -0.2) is 0 Å². The van der Waals surface area contributed by atoms with Crippen LogP contribution in [0.3, 0.4) is 0 Å². The zero-order valence-corrected chi connectivity index (χ0v) is 6.85. The van der Waals surface area contributed by atoms with Crippen LogP contribution in [0.15, 0.2) is 30.8 Å². The Kier molecular flexibility index (Phi) is 2.58. The van der Waals surface area contributed by atoms with E-state index in [-0.39, 0.29) is 5.56 Å². The molecule has 0 spiro atoms. The van der Waals surface area contributed by atoms with Crippen molar-refractivity contribution in [2.45, 2.75) is 13.3 Å². The summed E-state index contributed by atoms with van der Waals surface area (Å²) in [6, 6.07) is 6.42. The highest BCUT2D eigenvalue weighted by Gasteiger charge is 2.11. The van der Waals surface area contributed by atoms with Gasteiger partial charge in [-0.3, -0.25) is 0 Å². The van der Waals surface area contributed by atoms with Crippen molar-refractivity contribution in [2.24, 2.45) is 0 Å². The van der Waals surface area contributed by atoms with Gasteiger partial charge < -0.3 is 0 Å². The fourth-order valence-electron chi connectivity index (χ4n) is 1.08. The van der Waals surface area contributed by atoms with E-state index in [4.69, 9.17) is 0 Å². The minimum atomic E-state index is -2.42. The summed E-state index contributed by atoms with van der Waals surface area (Å²) in [7, 11) is 0. The number of hydrogen-bond acceptors (Lipinski definition) is 0. The van der Waals surface area contributed by atoms with Gasteiger partial charge in [0.2, 0.25) is 0 Å². The maximum atomic E-state index is 12.3. The summed E-state index contributed by atoms with van der Waals surface area (Å²) in [5.41, 5.74) is 1.28. The lowest BCUT2D eigenvalue weighted by molar-refractivity contribution is 0.151. The molecule has 0 saturated carbocycles. The van der Waals surface area contributed by atoms with Crippen LogP contribution in [0.1, 0.15) is 24.5 Å². The third-order valence-corrected chi connectivity index (χ3v) is 1.66. The van der Waals surface area contributed by atoms with Crippen LogP contribution < -0.4 is 0 Å². The van der Waals surface area contributed by atoms with Crippen molar-refractivity contribution in [3.05, 3.63) is 42.0 Å². The molecule has 0 nitrogen and oxygen atoms in total. The molecular weight excluding hydrogens is 158 g/mol. The Balaban J connectivity index is 3.17. The highest BCUT2D eigenvalue weighted by atomic mass is 19.3. The summed E-state index contributed by atoms with van der Waals surface area (Å²) >= 11 is 0. The Labute approximate surface area is 70.5 Å². The SMILES string of the molecule is C=C(C)c1ccccc1C(F)F. The van der Waals surface area contributed by atoms with Crippen LogP contribution in [0, 0.1) is 0 Å². The van der Waals surface area contributed by atoms with Crippen LogP contribution in [0.25, 0.3) is 5.57 Å². The molecule has 0 aliphatic rings. The normalized spacial score (nSPS) is 10.3. The van der Waals surface area contributed by atoms with E-state index in [1.807, 2.05) is 0 Å². The second-order valence-electron chi connectivity index (χ2n) is 2.67. The van der Waals surface area contributed by atoms with Crippen molar-refractivity contribution >= 4 is 5.57 Å². The van der Waals surface area contributed by atoms with Gasteiger partial charge in [0.15, 0.2) is 0 Å². The molecule has 64 valence electrons. The molecule has 0 radical (unpaired) electrons. The number of allylic oxidation sites excluding steroid dienone is 1. The van der Waals surface area contributed by atoms with Crippen molar-refractivity contribution in [3.63, 3.8) is 0 Å². The summed E-state index contributed by atoms with van der Waals surface area (Å²) in [5.74, 6) is 0. The van der Waals surface area contributed by atoms with Gasteiger partial charge in [0.05, 0.1) is 0 Å². The standard InChI is InChI=1S/C10H10F2/c1-7(2)8-5-3-4-6-9(8)10(11)12/h3-6,10H,1H2,2H3. The number of benzene rings is 1. The molecule has 1 rings (SSSR count). The van der Waals surface area contributed by atoms with Crippen molar-refractivity contribution in [2.75, 3.05) is 0 Å². The molecule has 1 aromatic carbocycles. The topological polar surface area (TPSA) is 0 Å². The maximum absolute atomic E-state index is 12.3. The van der Waals surface area contributed by atoms with E-state index in [1.165, 1.54) is 6.07 Å². The van der Waals surface area contributed by atoms with Crippen molar-refractivity contribution in [3.8, 4) is 0 Å². The van der Waals surface area contributed by atoms with Gasteiger partial charge in [-0.25, -0.2) is 8.78 Å². The largest absolute Gasteiger partial charge is 0.264 e. The van der Waals surface area contributed by atoms with Crippen LogP contribution in [0.4, 0.5) is 8.78 Å². The van der Waals surface area contributed by atoms with Gasteiger partial charge in [0, 0.05) is 5.56 Å². The predicted octanol–water partition coefficient (Wildman–Crippen LogP) is 3.66. The zero-order valence-electron chi connectivity index (χ0n) is 6.85. The average molecular weight is 168 g/mol. The Morgan fingerprint density at radius 2 is 1.92 bits per heavy atom. The van der Waals surface area contributed by atoms with Crippen molar-refractivity contribution in [1.29, 1.82) is 0 Å². The Morgan fingerprint density at radius 3 is 2.33 bits per heavy atom. The first-order valence-corrected chi connectivity index (χ1v) is 3.66. The van der Waals surface area contributed by atoms with Crippen molar-refractivity contribution < 1.29 is 8.78 Å². The third kappa shape index (κ3) is 1.70. The summed E-state index contributed by atoms with van der Waals surface area (Å²) in [6.45, 7) is 5.36. The minimum absolute atomic E-state index is 0.0602. The van der Waals surface area contributed by atoms with Gasteiger partial charge in [-0.2, -0.15) is 0 Å². The Hall–Kier alpha value is -1.18. The van der Waals surface area contributed by atoms with E-state index in [1.54, 1.807) is 25.1 Å². The number of alkyl halides is 2. The van der Waals surface area contributed by atoms with Gasteiger partial charge >= 0.3 is 0 Å². The second-order valence-corrected chi connectivity index (χ2v) is 2.67.